The summed E-state index contributed by atoms with van der Waals surface area (Å²) in [5, 5.41) is 3.34. The van der Waals surface area contributed by atoms with Crippen molar-refractivity contribution in [2.75, 3.05) is 0 Å². The Morgan fingerprint density at radius 3 is 2.11 bits per heavy atom. The van der Waals surface area contributed by atoms with Crippen molar-refractivity contribution in [1.82, 2.24) is 5.32 Å². The molecule has 0 aromatic carbocycles. The van der Waals surface area contributed by atoms with E-state index in [1.807, 2.05) is 0 Å². The Kier molecular flexibility index (Phi) is 6.06. The molecule has 0 heterocycles. The summed E-state index contributed by atoms with van der Waals surface area (Å²) in [7, 11) is 0. The average Bonchev–Trinajstić information content (AvgIpc) is 1.91. The zero-order valence-corrected chi connectivity index (χ0v) is 6.78. The molecule has 0 unspecified atom stereocenters. The van der Waals surface area contributed by atoms with E-state index in [0.29, 0.717) is 6.04 Å². The minimum Gasteiger partial charge on any atom is -0.310 e. The summed E-state index contributed by atoms with van der Waals surface area (Å²) in [6, 6.07) is 0.699. The van der Waals surface area contributed by atoms with Crippen LogP contribution in [0.4, 0.5) is 0 Å². The first-order valence-electron chi connectivity index (χ1n) is 3.92. The van der Waals surface area contributed by atoms with Crippen LogP contribution in [0.25, 0.3) is 0 Å². The van der Waals surface area contributed by atoms with Gasteiger partial charge >= 0.3 is 0 Å². The summed E-state index contributed by atoms with van der Waals surface area (Å²) in [5.41, 5.74) is 0. The smallest absolute Gasteiger partial charge is 0.0221 e. The van der Waals surface area contributed by atoms with Crippen molar-refractivity contribution in [3.8, 4) is 0 Å². The van der Waals surface area contributed by atoms with Gasteiger partial charge in [0.05, 0.1) is 0 Å². The first-order valence-corrected chi connectivity index (χ1v) is 3.92. The van der Waals surface area contributed by atoms with E-state index in [1.54, 1.807) is 0 Å². The molecule has 0 saturated carbocycles. The maximum Gasteiger partial charge on any atom is 0.0221 e. The van der Waals surface area contributed by atoms with E-state index in [9.17, 15) is 0 Å². The molecule has 0 bridgehead atoms. The van der Waals surface area contributed by atoms with Crippen molar-refractivity contribution in [2.45, 2.75) is 46.1 Å². The predicted octanol–water partition coefficient (Wildman–Crippen LogP) is 2.34. The first-order chi connectivity index (χ1) is 4.35. The monoisotopic (exact) mass is 128 g/mol. The van der Waals surface area contributed by atoms with Crippen LogP contribution in [-0.2, 0) is 0 Å². The van der Waals surface area contributed by atoms with Crippen molar-refractivity contribution >= 4 is 0 Å². The number of hydrogen-bond donors (Lipinski definition) is 1. The highest BCUT2D eigenvalue weighted by Crippen LogP contribution is 1.96. The lowest BCUT2D eigenvalue weighted by Gasteiger charge is -2.12. The molecular formula is C8H18N. The van der Waals surface area contributed by atoms with Gasteiger partial charge in [0, 0.05) is 12.6 Å². The van der Waals surface area contributed by atoms with Crippen LogP contribution >= 0.6 is 0 Å². The van der Waals surface area contributed by atoms with Crippen LogP contribution in [0, 0.1) is 6.54 Å². The largest absolute Gasteiger partial charge is 0.310 e. The molecule has 1 heteroatoms. The second kappa shape index (κ2) is 6.09. The van der Waals surface area contributed by atoms with Gasteiger partial charge in [-0.25, -0.2) is 0 Å². The van der Waals surface area contributed by atoms with E-state index in [2.05, 4.69) is 32.6 Å². The third kappa shape index (κ3) is 4.46. The summed E-state index contributed by atoms with van der Waals surface area (Å²) in [6.45, 7) is 8.71. The zero-order chi connectivity index (χ0) is 7.11. The molecule has 0 aliphatic rings. The molecule has 1 nitrogen and oxygen atoms in total. The third-order valence-electron chi connectivity index (χ3n) is 1.54. The highest BCUT2D eigenvalue weighted by Gasteiger charge is 1.98. The third-order valence-corrected chi connectivity index (χ3v) is 1.54. The molecule has 0 atom stereocenters. The summed E-state index contributed by atoms with van der Waals surface area (Å²) in [4.78, 5) is 0. The fourth-order valence-corrected chi connectivity index (χ4v) is 0.809. The Morgan fingerprint density at radius 2 is 1.78 bits per heavy atom. The fraction of sp³-hybridized carbons (Fsp3) is 0.875. The molecule has 1 radical (unpaired) electrons. The lowest BCUT2D eigenvalue weighted by Crippen LogP contribution is -2.24. The van der Waals surface area contributed by atoms with Crippen molar-refractivity contribution in [3.05, 3.63) is 6.54 Å². The van der Waals surface area contributed by atoms with Crippen LogP contribution in [0.3, 0.4) is 0 Å². The minimum atomic E-state index is 0.699. The zero-order valence-electron chi connectivity index (χ0n) is 6.78. The minimum absolute atomic E-state index is 0.699. The van der Waals surface area contributed by atoms with Crippen molar-refractivity contribution in [3.63, 3.8) is 0 Å². The summed E-state index contributed by atoms with van der Waals surface area (Å²) >= 11 is 0. The van der Waals surface area contributed by atoms with Crippen LogP contribution < -0.4 is 5.32 Å². The molecule has 0 aliphatic heterocycles. The lowest BCUT2D eigenvalue weighted by atomic mass is 10.2. The Hall–Kier alpha value is -0.0400. The molecule has 0 spiro atoms. The van der Waals surface area contributed by atoms with Crippen molar-refractivity contribution in [2.24, 2.45) is 0 Å². The second-order valence-electron chi connectivity index (χ2n) is 2.29. The highest BCUT2D eigenvalue weighted by atomic mass is 14.9. The highest BCUT2D eigenvalue weighted by molar-refractivity contribution is 4.67. The molecule has 0 fully saturated rings. The molecule has 0 saturated heterocycles. The van der Waals surface area contributed by atoms with Gasteiger partial charge in [-0.2, -0.15) is 0 Å². The maximum absolute atomic E-state index is 3.34. The number of nitrogens with one attached hydrogen (secondary N) is 1. The van der Waals surface area contributed by atoms with Crippen molar-refractivity contribution in [1.29, 1.82) is 0 Å². The Balaban J connectivity index is 3.09. The van der Waals surface area contributed by atoms with Crippen LogP contribution in [0.15, 0.2) is 0 Å². The molecule has 0 rings (SSSR count). The van der Waals surface area contributed by atoms with Gasteiger partial charge in [-0.1, -0.05) is 20.8 Å². The standard InChI is InChI=1S/C8H18N/c1-4-7-9-8(5-2)6-3/h7-9H,4-6H2,1-3H3. The van der Waals surface area contributed by atoms with Gasteiger partial charge in [0.1, 0.15) is 0 Å². The van der Waals surface area contributed by atoms with E-state index in [-0.39, 0.29) is 0 Å². The Labute approximate surface area is 58.8 Å². The van der Waals surface area contributed by atoms with E-state index >= 15 is 0 Å². The molecule has 0 amide bonds. The van der Waals surface area contributed by atoms with E-state index in [1.165, 1.54) is 12.8 Å². The van der Waals surface area contributed by atoms with E-state index < -0.39 is 0 Å². The van der Waals surface area contributed by atoms with Crippen molar-refractivity contribution < 1.29 is 0 Å². The molecule has 55 valence electrons. The lowest BCUT2D eigenvalue weighted by molar-refractivity contribution is 0.521. The predicted molar refractivity (Wildman–Crippen MR) is 42.1 cm³/mol. The average molecular weight is 128 g/mol. The van der Waals surface area contributed by atoms with E-state index in [0.717, 1.165) is 6.42 Å². The van der Waals surface area contributed by atoms with Gasteiger partial charge in [-0.05, 0) is 19.3 Å². The fourth-order valence-electron chi connectivity index (χ4n) is 0.809. The topological polar surface area (TPSA) is 12.0 Å². The van der Waals surface area contributed by atoms with Gasteiger partial charge in [0.15, 0.2) is 0 Å². The quantitative estimate of drug-likeness (QED) is 0.599. The molecule has 0 aromatic rings. The van der Waals surface area contributed by atoms with Crippen LogP contribution in [-0.4, -0.2) is 6.04 Å². The van der Waals surface area contributed by atoms with Crippen LogP contribution in [0.1, 0.15) is 40.0 Å². The normalized spacial score (nSPS) is 10.7. The molecule has 1 N–H and O–H groups in total. The second-order valence-corrected chi connectivity index (χ2v) is 2.29. The Bertz CT molecular complexity index is 48.5. The molecule has 0 aromatic heterocycles. The molecular weight excluding hydrogens is 110 g/mol. The van der Waals surface area contributed by atoms with Gasteiger partial charge < -0.3 is 5.32 Å². The number of hydrogen-bond acceptors (Lipinski definition) is 1. The number of rotatable bonds is 5. The maximum atomic E-state index is 3.34. The van der Waals surface area contributed by atoms with Crippen LogP contribution in [0.5, 0.6) is 0 Å². The van der Waals surface area contributed by atoms with E-state index in [4.69, 9.17) is 0 Å². The van der Waals surface area contributed by atoms with Gasteiger partial charge in [0.2, 0.25) is 0 Å². The Morgan fingerprint density at radius 1 is 1.22 bits per heavy atom. The van der Waals surface area contributed by atoms with Gasteiger partial charge in [0.25, 0.3) is 0 Å². The summed E-state index contributed by atoms with van der Waals surface area (Å²) < 4.78 is 0. The van der Waals surface area contributed by atoms with Crippen LogP contribution in [0.2, 0.25) is 0 Å². The first kappa shape index (κ1) is 8.96. The summed E-state index contributed by atoms with van der Waals surface area (Å²) in [5.74, 6) is 0. The SMILES string of the molecule is CC[CH]NC(CC)CC. The molecule has 0 aliphatic carbocycles. The van der Waals surface area contributed by atoms with Gasteiger partial charge in [-0.3, -0.25) is 0 Å². The molecule has 9 heavy (non-hydrogen) atoms. The van der Waals surface area contributed by atoms with Gasteiger partial charge in [-0.15, -0.1) is 0 Å². The summed E-state index contributed by atoms with van der Waals surface area (Å²) in [6.07, 6.45) is 3.58.